The van der Waals surface area contributed by atoms with E-state index in [1.807, 2.05) is 47.4 Å². The van der Waals surface area contributed by atoms with Gasteiger partial charge in [-0.1, -0.05) is 30.3 Å². The fourth-order valence-electron chi connectivity index (χ4n) is 3.00. The van der Waals surface area contributed by atoms with Gasteiger partial charge in [-0.3, -0.25) is 14.6 Å². The maximum atomic E-state index is 12.6. The Morgan fingerprint density at radius 2 is 1.71 bits per heavy atom. The molecule has 1 N–H and O–H groups in total. The van der Waals surface area contributed by atoms with Crippen molar-refractivity contribution in [3.8, 4) is 11.3 Å². The minimum atomic E-state index is -0.303. The van der Waals surface area contributed by atoms with Gasteiger partial charge in [-0.25, -0.2) is 4.98 Å². The molecule has 3 aromatic rings. The van der Waals surface area contributed by atoms with Crippen molar-refractivity contribution < 1.29 is 9.59 Å². The van der Waals surface area contributed by atoms with Gasteiger partial charge >= 0.3 is 0 Å². The summed E-state index contributed by atoms with van der Waals surface area (Å²) in [5.41, 5.74) is 3.59. The largest absolute Gasteiger partial charge is 0.339 e. The Labute approximate surface area is 163 Å². The van der Waals surface area contributed by atoms with Crippen LogP contribution in [0.15, 0.2) is 60.8 Å². The minimum Gasteiger partial charge on any atom is -0.339 e. The molecular weight excluding hydrogens is 352 g/mol. The van der Waals surface area contributed by atoms with Gasteiger partial charge in [0.1, 0.15) is 5.69 Å². The number of hydrogen-bond acceptors (Lipinski definition) is 4. The molecular formula is C22H20N4O2. The van der Waals surface area contributed by atoms with Crippen molar-refractivity contribution in [2.45, 2.75) is 13.3 Å². The fourth-order valence-corrected chi connectivity index (χ4v) is 3.00. The molecule has 1 aliphatic rings. The molecule has 28 heavy (non-hydrogen) atoms. The van der Waals surface area contributed by atoms with E-state index in [0.717, 1.165) is 25.1 Å². The van der Waals surface area contributed by atoms with Crippen molar-refractivity contribution in [2.75, 3.05) is 18.4 Å². The van der Waals surface area contributed by atoms with Crippen molar-refractivity contribution in [2.24, 2.45) is 0 Å². The van der Waals surface area contributed by atoms with E-state index in [1.54, 1.807) is 25.3 Å². The highest BCUT2D eigenvalue weighted by Crippen LogP contribution is 2.20. The van der Waals surface area contributed by atoms with E-state index in [9.17, 15) is 9.59 Å². The summed E-state index contributed by atoms with van der Waals surface area (Å²) in [4.78, 5) is 35.6. The standard InChI is InChI=1S/C22H20N4O2/c1-15-20(21(27)24-18-6-3-2-4-7-18)25-19(14-23-15)16-8-10-17(11-9-16)22(28)26-12-5-13-26/h2-4,6-11,14H,5,12-13H2,1H3,(H,24,27). The SMILES string of the molecule is Cc1ncc(-c2ccc(C(=O)N3CCC3)cc2)nc1C(=O)Nc1ccccc1. The average molecular weight is 372 g/mol. The maximum absolute atomic E-state index is 12.6. The van der Waals surface area contributed by atoms with Gasteiger partial charge in [-0.2, -0.15) is 0 Å². The molecule has 0 unspecified atom stereocenters. The Morgan fingerprint density at radius 1 is 1.00 bits per heavy atom. The number of rotatable bonds is 4. The van der Waals surface area contributed by atoms with Gasteiger partial charge in [0.15, 0.2) is 0 Å². The van der Waals surface area contributed by atoms with Crippen LogP contribution in [0, 0.1) is 6.92 Å². The highest BCUT2D eigenvalue weighted by atomic mass is 16.2. The summed E-state index contributed by atoms with van der Waals surface area (Å²) in [6.45, 7) is 3.40. The molecule has 1 aliphatic heterocycles. The highest BCUT2D eigenvalue weighted by Gasteiger charge is 2.21. The van der Waals surface area contributed by atoms with E-state index in [4.69, 9.17) is 0 Å². The van der Waals surface area contributed by atoms with Crippen molar-refractivity contribution in [3.05, 3.63) is 77.7 Å². The molecule has 0 aliphatic carbocycles. The Hall–Kier alpha value is -3.54. The molecule has 1 aromatic heterocycles. The molecule has 1 saturated heterocycles. The van der Waals surface area contributed by atoms with Crippen molar-refractivity contribution in [1.82, 2.24) is 14.9 Å². The van der Waals surface area contributed by atoms with Crippen molar-refractivity contribution in [1.29, 1.82) is 0 Å². The second kappa shape index (κ2) is 7.60. The van der Waals surface area contributed by atoms with E-state index < -0.39 is 0 Å². The van der Waals surface area contributed by atoms with Crippen LogP contribution in [0.4, 0.5) is 5.69 Å². The number of para-hydroxylation sites is 1. The third-order valence-electron chi connectivity index (χ3n) is 4.77. The minimum absolute atomic E-state index is 0.0516. The second-order valence-corrected chi connectivity index (χ2v) is 6.73. The molecule has 2 aromatic carbocycles. The smallest absolute Gasteiger partial charge is 0.276 e. The number of nitrogens with zero attached hydrogens (tertiary/aromatic N) is 3. The lowest BCUT2D eigenvalue weighted by molar-refractivity contribution is 0.0651. The lowest BCUT2D eigenvalue weighted by atomic mass is 10.1. The molecule has 2 amide bonds. The number of nitrogens with one attached hydrogen (secondary N) is 1. The zero-order valence-corrected chi connectivity index (χ0v) is 15.6. The van der Waals surface area contributed by atoms with Gasteiger partial charge in [0, 0.05) is 29.9 Å². The Bertz CT molecular complexity index is 1010. The molecule has 0 radical (unpaired) electrons. The second-order valence-electron chi connectivity index (χ2n) is 6.73. The van der Waals surface area contributed by atoms with Crippen molar-refractivity contribution >= 4 is 17.5 Å². The molecule has 4 rings (SSSR count). The number of carbonyl (C=O) groups is 2. The summed E-state index contributed by atoms with van der Waals surface area (Å²) in [5, 5.41) is 2.84. The van der Waals surface area contributed by atoms with Crippen LogP contribution < -0.4 is 5.32 Å². The zero-order chi connectivity index (χ0) is 19.5. The van der Waals surface area contributed by atoms with Crippen LogP contribution in [0.5, 0.6) is 0 Å². The molecule has 0 spiro atoms. The van der Waals surface area contributed by atoms with E-state index in [0.29, 0.717) is 22.6 Å². The highest BCUT2D eigenvalue weighted by molar-refractivity contribution is 6.03. The van der Waals surface area contributed by atoms with Crippen LogP contribution in [0.3, 0.4) is 0 Å². The molecule has 0 atom stereocenters. The predicted octanol–water partition coefficient (Wildman–Crippen LogP) is 3.55. The van der Waals surface area contributed by atoms with Gasteiger partial charge in [0.2, 0.25) is 0 Å². The van der Waals surface area contributed by atoms with Crippen LogP contribution >= 0.6 is 0 Å². The Morgan fingerprint density at radius 3 is 2.36 bits per heavy atom. The first-order valence-corrected chi connectivity index (χ1v) is 9.21. The van der Waals surface area contributed by atoms with E-state index in [-0.39, 0.29) is 17.5 Å². The number of likely N-dealkylation sites (tertiary alicyclic amines) is 1. The summed E-state index contributed by atoms with van der Waals surface area (Å²) in [6.07, 6.45) is 2.71. The number of aromatic nitrogens is 2. The summed E-state index contributed by atoms with van der Waals surface area (Å²) >= 11 is 0. The molecule has 2 heterocycles. The topological polar surface area (TPSA) is 75.2 Å². The number of amides is 2. The Kier molecular flexibility index (Phi) is 4.85. The molecule has 0 bridgehead atoms. The van der Waals surface area contributed by atoms with Gasteiger partial charge in [-0.05, 0) is 37.6 Å². The van der Waals surface area contributed by atoms with E-state index in [1.165, 1.54) is 0 Å². The first kappa shape index (κ1) is 17.9. The predicted molar refractivity (Wildman–Crippen MR) is 107 cm³/mol. The first-order valence-electron chi connectivity index (χ1n) is 9.21. The number of aryl methyl sites for hydroxylation is 1. The summed E-state index contributed by atoms with van der Waals surface area (Å²) < 4.78 is 0. The average Bonchev–Trinajstić information content (AvgIpc) is 2.68. The molecule has 6 nitrogen and oxygen atoms in total. The maximum Gasteiger partial charge on any atom is 0.276 e. The van der Waals surface area contributed by atoms with E-state index in [2.05, 4.69) is 15.3 Å². The zero-order valence-electron chi connectivity index (χ0n) is 15.6. The summed E-state index contributed by atoms with van der Waals surface area (Å²) in [5.74, 6) is -0.252. The van der Waals surface area contributed by atoms with E-state index >= 15 is 0 Å². The third-order valence-corrected chi connectivity index (χ3v) is 4.77. The summed E-state index contributed by atoms with van der Waals surface area (Å²) in [6, 6.07) is 16.5. The number of carbonyl (C=O) groups excluding carboxylic acids is 2. The van der Waals surface area contributed by atoms with Crippen LogP contribution in [0.25, 0.3) is 11.3 Å². The molecule has 140 valence electrons. The van der Waals surface area contributed by atoms with Gasteiger partial charge in [0.05, 0.1) is 17.6 Å². The number of benzene rings is 2. The van der Waals surface area contributed by atoms with Crippen LogP contribution in [-0.4, -0.2) is 39.8 Å². The van der Waals surface area contributed by atoms with Gasteiger partial charge < -0.3 is 10.2 Å². The van der Waals surface area contributed by atoms with Crippen molar-refractivity contribution in [3.63, 3.8) is 0 Å². The third kappa shape index (κ3) is 3.62. The normalized spacial score (nSPS) is 13.0. The monoisotopic (exact) mass is 372 g/mol. The summed E-state index contributed by atoms with van der Waals surface area (Å²) in [7, 11) is 0. The van der Waals surface area contributed by atoms with Crippen LogP contribution in [0.2, 0.25) is 0 Å². The quantitative estimate of drug-likeness (QED) is 0.760. The Balaban J connectivity index is 1.56. The molecule has 1 fully saturated rings. The van der Waals surface area contributed by atoms with Crippen LogP contribution in [0.1, 0.15) is 33.0 Å². The number of anilines is 1. The molecule has 6 heteroatoms. The molecule has 0 saturated carbocycles. The lowest BCUT2D eigenvalue weighted by Crippen LogP contribution is -2.41. The lowest BCUT2D eigenvalue weighted by Gasteiger charge is -2.30. The fraction of sp³-hybridized carbons (Fsp3) is 0.182. The van der Waals surface area contributed by atoms with Gasteiger partial charge in [-0.15, -0.1) is 0 Å². The van der Waals surface area contributed by atoms with Crippen LogP contribution in [-0.2, 0) is 0 Å². The first-order chi connectivity index (χ1) is 13.6. The number of hydrogen-bond donors (Lipinski definition) is 1. The van der Waals surface area contributed by atoms with Gasteiger partial charge in [0.25, 0.3) is 11.8 Å².